The third kappa shape index (κ3) is 4.28. The van der Waals surface area contributed by atoms with Gasteiger partial charge in [-0.15, -0.1) is 0 Å². The summed E-state index contributed by atoms with van der Waals surface area (Å²) in [7, 11) is 0. The molecule has 0 amide bonds. The zero-order valence-corrected chi connectivity index (χ0v) is 11.1. The molecule has 0 saturated heterocycles. The van der Waals surface area contributed by atoms with Gasteiger partial charge in [-0.3, -0.25) is 4.98 Å². The van der Waals surface area contributed by atoms with E-state index < -0.39 is 6.61 Å². The fraction of sp³-hybridized carbons (Fsp3) is 0.267. The van der Waals surface area contributed by atoms with Crippen LogP contribution in [0.4, 0.5) is 8.78 Å². The molecule has 0 fully saturated rings. The summed E-state index contributed by atoms with van der Waals surface area (Å²) in [6.07, 6.45) is 3.51. The molecule has 2 rings (SSSR count). The van der Waals surface area contributed by atoms with Crippen LogP contribution in [0.2, 0.25) is 0 Å². The molecule has 1 aromatic carbocycles. The number of rotatable bonds is 6. The highest BCUT2D eigenvalue weighted by Gasteiger charge is 2.06. The van der Waals surface area contributed by atoms with Gasteiger partial charge in [0.2, 0.25) is 0 Å². The summed E-state index contributed by atoms with van der Waals surface area (Å²) in [5, 5.41) is 3.36. The second kappa shape index (κ2) is 6.96. The zero-order valence-electron chi connectivity index (χ0n) is 11.1. The molecule has 2 aromatic rings. The number of nitrogens with one attached hydrogen (secondary N) is 1. The minimum Gasteiger partial charge on any atom is -0.435 e. The Balaban J connectivity index is 1.88. The number of pyridine rings is 1. The first kappa shape index (κ1) is 14.4. The molecule has 0 bridgehead atoms. The van der Waals surface area contributed by atoms with Crippen molar-refractivity contribution in [3.8, 4) is 5.75 Å². The van der Waals surface area contributed by atoms with Crippen LogP contribution in [0.3, 0.4) is 0 Å². The van der Waals surface area contributed by atoms with Crippen LogP contribution < -0.4 is 10.1 Å². The van der Waals surface area contributed by atoms with Crippen LogP contribution in [0.1, 0.15) is 24.1 Å². The molecule has 0 saturated carbocycles. The standard InChI is InChI=1S/C15H16F2N2O/c1-11(13-6-8-18-9-7-13)19-10-12-2-4-14(5-3-12)20-15(16)17/h2-9,11,15,19H,10H2,1H3/t11-/m0/s1. The van der Waals surface area contributed by atoms with Crippen molar-refractivity contribution < 1.29 is 13.5 Å². The second-order valence-corrected chi connectivity index (χ2v) is 4.41. The Hall–Kier alpha value is -2.01. The molecule has 1 heterocycles. The van der Waals surface area contributed by atoms with Crippen molar-refractivity contribution in [1.82, 2.24) is 10.3 Å². The normalized spacial score (nSPS) is 12.4. The van der Waals surface area contributed by atoms with E-state index in [9.17, 15) is 8.78 Å². The Morgan fingerprint density at radius 1 is 1.10 bits per heavy atom. The quantitative estimate of drug-likeness (QED) is 0.877. The van der Waals surface area contributed by atoms with E-state index >= 15 is 0 Å². The van der Waals surface area contributed by atoms with E-state index in [0.717, 1.165) is 11.1 Å². The van der Waals surface area contributed by atoms with E-state index in [4.69, 9.17) is 0 Å². The van der Waals surface area contributed by atoms with E-state index in [-0.39, 0.29) is 11.8 Å². The van der Waals surface area contributed by atoms with Crippen LogP contribution in [0.5, 0.6) is 5.75 Å². The van der Waals surface area contributed by atoms with Gasteiger partial charge in [0, 0.05) is 25.0 Å². The molecule has 20 heavy (non-hydrogen) atoms. The van der Waals surface area contributed by atoms with Gasteiger partial charge in [-0.1, -0.05) is 12.1 Å². The molecule has 0 spiro atoms. The fourth-order valence-electron chi connectivity index (χ4n) is 1.83. The highest BCUT2D eigenvalue weighted by atomic mass is 19.3. The lowest BCUT2D eigenvalue weighted by Crippen LogP contribution is -2.18. The van der Waals surface area contributed by atoms with Gasteiger partial charge < -0.3 is 10.1 Å². The van der Waals surface area contributed by atoms with Crippen molar-refractivity contribution in [3.63, 3.8) is 0 Å². The van der Waals surface area contributed by atoms with E-state index in [1.165, 1.54) is 0 Å². The SMILES string of the molecule is C[C@H](NCc1ccc(OC(F)F)cc1)c1ccncc1. The largest absolute Gasteiger partial charge is 0.435 e. The molecule has 1 atom stereocenters. The molecular weight excluding hydrogens is 262 g/mol. The Bertz CT molecular complexity index is 517. The lowest BCUT2D eigenvalue weighted by Gasteiger charge is -2.14. The van der Waals surface area contributed by atoms with Gasteiger partial charge in [-0.25, -0.2) is 0 Å². The van der Waals surface area contributed by atoms with E-state index in [1.807, 2.05) is 12.1 Å². The molecule has 0 radical (unpaired) electrons. The van der Waals surface area contributed by atoms with E-state index in [1.54, 1.807) is 36.7 Å². The number of halogens is 2. The summed E-state index contributed by atoms with van der Waals surface area (Å²) in [5.74, 6) is 0.172. The minimum atomic E-state index is -2.79. The molecule has 0 aliphatic rings. The lowest BCUT2D eigenvalue weighted by molar-refractivity contribution is -0.0498. The number of ether oxygens (including phenoxy) is 1. The zero-order chi connectivity index (χ0) is 14.4. The monoisotopic (exact) mass is 278 g/mol. The van der Waals surface area contributed by atoms with Crippen LogP contribution in [-0.2, 0) is 6.54 Å². The van der Waals surface area contributed by atoms with Crippen molar-refractivity contribution in [1.29, 1.82) is 0 Å². The first-order valence-electron chi connectivity index (χ1n) is 6.32. The maximum absolute atomic E-state index is 12.0. The van der Waals surface area contributed by atoms with Gasteiger partial charge >= 0.3 is 6.61 Å². The Morgan fingerprint density at radius 3 is 2.35 bits per heavy atom. The number of nitrogens with zero attached hydrogens (tertiary/aromatic N) is 1. The van der Waals surface area contributed by atoms with Crippen LogP contribution in [0.15, 0.2) is 48.8 Å². The van der Waals surface area contributed by atoms with Crippen molar-refractivity contribution in [2.24, 2.45) is 0 Å². The first-order chi connectivity index (χ1) is 9.65. The fourth-order valence-corrected chi connectivity index (χ4v) is 1.83. The highest BCUT2D eigenvalue weighted by Crippen LogP contribution is 2.16. The Kier molecular flexibility index (Phi) is 5.01. The van der Waals surface area contributed by atoms with Crippen LogP contribution >= 0.6 is 0 Å². The third-order valence-corrected chi connectivity index (χ3v) is 2.97. The van der Waals surface area contributed by atoms with Crippen LogP contribution in [-0.4, -0.2) is 11.6 Å². The lowest BCUT2D eigenvalue weighted by atomic mass is 10.1. The molecule has 1 N–H and O–H groups in total. The summed E-state index contributed by atoms with van der Waals surface area (Å²) in [5.41, 5.74) is 2.16. The first-order valence-corrected chi connectivity index (χ1v) is 6.32. The van der Waals surface area contributed by atoms with Crippen LogP contribution in [0, 0.1) is 0 Å². The van der Waals surface area contributed by atoms with Gasteiger partial charge in [0.25, 0.3) is 0 Å². The number of hydrogen-bond donors (Lipinski definition) is 1. The molecule has 0 aliphatic carbocycles. The van der Waals surface area contributed by atoms with Crippen molar-refractivity contribution >= 4 is 0 Å². The van der Waals surface area contributed by atoms with Gasteiger partial charge in [-0.05, 0) is 42.3 Å². The molecule has 3 nitrogen and oxygen atoms in total. The summed E-state index contributed by atoms with van der Waals surface area (Å²) >= 11 is 0. The maximum Gasteiger partial charge on any atom is 0.387 e. The topological polar surface area (TPSA) is 34.1 Å². The smallest absolute Gasteiger partial charge is 0.387 e. The molecule has 1 aromatic heterocycles. The highest BCUT2D eigenvalue weighted by molar-refractivity contribution is 5.27. The summed E-state index contributed by atoms with van der Waals surface area (Å²) < 4.78 is 28.3. The second-order valence-electron chi connectivity index (χ2n) is 4.41. The predicted octanol–water partition coefficient (Wildman–Crippen LogP) is 3.53. The summed E-state index contributed by atoms with van der Waals surface area (Å²) in [4.78, 5) is 3.98. The van der Waals surface area contributed by atoms with Crippen molar-refractivity contribution in [3.05, 3.63) is 59.9 Å². The van der Waals surface area contributed by atoms with E-state index in [0.29, 0.717) is 6.54 Å². The summed E-state index contributed by atoms with van der Waals surface area (Å²) in [6, 6.07) is 10.7. The molecule has 0 aliphatic heterocycles. The van der Waals surface area contributed by atoms with Crippen molar-refractivity contribution in [2.75, 3.05) is 0 Å². The average molecular weight is 278 g/mol. The summed E-state index contributed by atoms with van der Waals surface area (Å²) in [6.45, 7) is -0.0760. The molecule has 106 valence electrons. The minimum absolute atomic E-state index is 0.172. The predicted molar refractivity (Wildman–Crippen MR) is 72.6 cm³/mol. The number of benzene rings is 1. The van der Waals surface area contributed by atoms with Gasteiger partial charge in [0.05, 0.1) is 0 Å². The Morgan fingerprint density at radius 2 is 1.75 bits per heavy atom. The van der Waals surface area contributed by atoms with Crippen molar-refractivity contribution in [2.45, 2.75) is 26.1 Å². The molecule has 5 heteroatoms. The van der Waals surface area contributed by atoms with E-state index in [2.05, 4.69) is 22.0 Å². The maximum atomic E-state index is 12.0. The average Bonchev–Trinajstić information content (AvgIpc) is 2.46. The Labute approximate surface area is 116 Å². The molecular formula is C15H16F2N2O. The number of alkyl halides is 2. The molecule has 0 unspecified atom stereocenters. The number of hydrogen-bond acceptors (Lipinski definition) is 3. The number of aromatic nitrogens is 1. The van der Waals surface area contributed by atoms with Crippen LogP contribution in [0.25, 0.3) is 0 Å². The van der Waals surface area contributed by atoms with Gasteiger partial charge in [0.1, 0.15) is 5.75 Å². The third-order valence-electron chi connectivity index (χ3n) is 2.97. The van der Waals surface area contributed by atoms with Gasteiger partial charge in [0.15, 0.2) is 0 Å². The van der Waals surface area contributed by atoms with Gasteiger partial charge in [-0.2, -0.15) is 8.78 Å².